The summed E-state index contributed by atoms with van der Waals surface area (Å²) in [4.78, 5) is 22.4. The zero-order valence-corrected chi connectivity index (χ0v) is 14.6. The predicted octanol–water partition coefficient (Wildman–Crippen LogP) is 1.96. The number of amides is 1. The maximum absolute atomic E-state index is 12.2. The number of hydrogen-bond acceptors (Lipinski definition) is 5. The third-order valence-electron chi connectivity index (χ3n) is 3.38. The first-order valence-electron chi connectivity index (χ1n) is 7.03. The van der Waals surface area contributed by atoms with E-state index in [0.29, 0.717) is 5.69 Å². The Kier molecular flexibility index (Phi) is 5.14. The van der Waals surface area contributed by atoms with Crippen LogP contribution in [-0.2, 0) is 17.9 Å². The second-order valence-corrected chi connectivity index (χ2v) is 5.87. The van der Waals surface area contributed by atoms with Crippen molar-refractivity contribution >= 4 is 27.7 Å². The van der Waals surface area contributed by atoms with Crippen LogP contribution in [0.1, 0.15) is 31.3 Å². The van der Waals surface area contributed by atoms with Crippen molar-refractivity contribution in [1.82, 2.24) is 24.9 Å². The van der Waals surface area contributed by atoms with E-state index in [4.69, 9.17) is 0 Å². The van der Waals surface area contributed by atoms with E-state index in [-0.39, 0.29) is 18.3 Å². The topological polar surface area (TPSA) is 108 Å². The molecule has 10 heteroatoms. The van der Waals surface area contributed by atoms with Gasteiger partial charge >= 0.3 is 5.82 Å². The Morgan fingerprint density at radius 1 is 1.52 bits per heavy atom. The van der Waals surface area contributed by atoms with Crippen LogP contribution in [0.3, 0.4) is 0 Å². The van der Waals surface area contributed by atoms with Crippen LogP contribution in [0, 0.1) is 17.0 Å². The van der Waals surface area contributed by atoms with Crippen LogP contribution >= 0.6 is 15.9 Å². The van der Waals surface area contributed by atoms with Crippen LogP contribution in [0.5, 0.6) is 0 Å². The molecule has 0 bridgehead atoms. The van der Waals surface area contributed by atoms with Gasteiger partial charge in [-0.25, -0.2) is 0 Å². The van der Waals surface area contributed by atoms with Crippen LogP contribution in [0.4, 0.5) is 5.82 Å². The summed E-state index contributed by atoms with van der Waals surface area (Å²) in [6.07, 6.45) is 1.84. The first-order valence-corrected chi connectivity index (χ1v) is 7.82. The first kappa shape index (κ1) is 17.1. The van der Waals surface area contributed by atoms with Crippen LogP contribution < -0.4 is 5.32 Å². The first-order chi connectivity index (χ1) is 10.8. The maximum Gasteiger partial charge on any atom is 0.390 e. The number of aryl methyl sites for hydroxylation is 2. The van der Waals surface area contributed by atoms with Gasteiger partial charge in [-0.3, -0.25) is 9.48 Å². The largest absolute Gasteiger partial charge is 0.390 e. The number of nitrogens with one attached hydrogen (secondary N) is 1. The molecule has 2 rings (SSSR count). The number of hydrogen-bond donors (Lipinski definition) is 1. The highest BCUT2D eigenvalue weighted by Gasteiger charge is 2.24. The van der Waals surface area contributed by atoms with Crippen molar-refractivity contribution in [2.75, 3.05) is 0 Å². The second kappa shape index (κ2) is 6.90. The number of rotatable bonds is 6. The monoisotopic (exact) mass is 384 g/mol. The minimum Gasteiger partial charge on any atom is -0.358 e. The SMILES string of the molecule is CCn1cc(Br)c(CNC(=O)C(C)n2nc([N+](=O)[O-])cc2C)n1. The van der Waals surface area contributed by atoms with Gasteiger partial charge < -0.3 is 15.4 Å². The molecule has 0 aliphatic rings. The summed E-state index contributed by atoms with van der Waals surface area (Å²) in [6.45, 7) is 6.28. The lowest BCUT2D eigenvalue weighted by Crippen LogP contribution is -2.31. The molecule has 2 aromatic rings. The number of carbonyl (C=O) groups is 1. The Bertz CT molecular complexity index is 738. The average molecular weight is 385 g/mol. The van der Waals surface area contributed by atoms with E-state index in [2.05, 4.69) is 31.4 Å². The predicted molar refractivity (Wildman–Crippen MR) is 85.8 cm³/mol. The summed E-state index contributed by atoms with van der Waals surface area (Å²) in [5.74, 6) is -0.560. The minimum absolute atomic E-state index is 0.263. The third-order valence-corrected chi connectivity index (χ3v) is 4.05. The minimum atomic E-state index is -0.657. The molecule has 1 amide bonds. The number of halogens is 1. The molecule has 2 heterocycles. The van der Waals surface area contributed by atoms with Gasteiger partial charge in [-0.05, 0) is 41.6 Å². The van der Waals surface area contributed by atoms with E-state index in [1.807, 2.05) is 13.1 Å². The molecule has 0 saturated heterocycles. The lowest BCUT2D eigenvalue weighted by atomic mass is 10.3. The molecular formula is C13H17BrN6O3. The molecule has 1 atom stereocenters. The van der Waals surface area contributed by atoms with Crippen molar-refractivity contribution in [1.29, 1.82) is 0 Å². The van der Waals surface area contributed by atoms with E-state index in [1.165, 1.54) is 10.7 Å². The van der Waals surface area contributed by atoms with Crippen molar-refractivity contribution in [3.8, 4) is 0 Å². The fourth-order valence-electron chi connectivity index (χ4n) is 2.10. The van der Waals surface area contributed by atoms with Gasteiger partial charge in [0.2, 0.25) is 5.91 Å². The molecule has 9 nitrogen and oxygen atoms in total. The van der Waals surface area contributed by atoms with Crippen LogP contribution in [0.25, 0.3) is 0 Å². The summed E-state index contributed by atoms with van der Waals surface area (Å²) in [6, 6.07) is 0.680. The number of nitro groups is 1. The Morgan fingerprint density at radius 3 is 2.74 bits per heavy atom. The van der Waals surface area contributed by atoms with Crippen molar-refractivity contribution in [3.63, 3.8) is 0 Å². The summed E-state index contributed by atoms with van der Waals surface area (Å²) in [5.41, 5.74) is 1.27. The Balaban J connectivity index is 2.05. The standard InChI is InChI=1S/C13H17BrN6O3/c1-4-18-7-10(14)11(16-18)6-15-13(21)9(3)19-8(2)5-12(17-19)20(22)23/h5,7,9H,4,6H2,1-3H3,(H,15,21). The highest BCUT2D eigenvalue weighted by Crippen LogP contribution is 2.17. The van der Waals surface area contributed by atoms with Crippen LogP contribution in [0.2, 0.25) is 0 Å². The van der Waals surface area contributed by atoms with Gasteiger partial charge in [0.25, 0.3) is 0 Å². The zero-order chi connectivity index (χ0) is 17.1. The smallest absolute Gasteiger partial charge is 0.358 e. The van der Waals surface area contributed by atoms with Gasteiger partial charge in [0.1, 0.15) is 6.04 Å². The quantitative estimate of drug-likeness (QED) is 0.604. The summed E-state index contributed by atoms with van der Waals surface area (Å²) < 4.78 is 3.92. The molecule has 2 aromatic heterocycles. The molecule has 23 heavy (non-hydrogen) atoms. The molecule has 0 aliphatic carbocycles. The normalized spacial score (nSPS) is 12.2. The molecule has 0 fully saturated rings. The molecule has 0 saturated carbocycles. The Morgan fingerprint density at radius 2 is 2.22 bits per heavy atom. The van der Waals surface area contributed by atoms with Crippen molar-refractivity contribution in [2.45, 2.75) is 39.9 Å². The molecular weight excluding hydrogens is 368 g/mol. The molecule has 1 N–H and O–H groups in total. The zero-order valence-electron chi connectivity index (χ0n) is 13.0. The highest BCUT2D eigenvalue weighted by molar-refractivity contribution is 9.10. The fourth-order valence-corrected chi connectivity index (χ4v) is 2.56. The molecule has 0 radical (unpaired) electrons. The highest BCUT2D eigenvalue weighted by atomic mass is 79.9. The lowest BCUT2D eigenvalue weighted by Gasteiger charge is -2.10. The van der Waals surface area contributed by atoms with Gasteiger partial charge in [0, 0.05) is 12.7 Å². The van der Waals surface area contributed by atoms with Gasteiger partial charge in [0.05, 0.1) is 33.6 Å². The fraction of sp³-hybridized carbons (Fsp3) is 0.462. The molecule has 1 unspecified atom stereocenters. The van der Waals surface area contributed by atoms with Gasteiger partial charge in [-0.1, -0.05) is 0 Å². The van der Waals surface area contributed by atoms with Crippen LogP contribution in [0.15, 0.2) is 16.7 Å². The van der Waals surface area contributed by atoms with Gasteiger partial charge in [-0.2, -0.15) is 9.78 Å². The van der Waals surface area contributed by atoms with E-state index < -0.39 is 11.0 Å². The molecule has 0 aliphatic heterocycles. The Labute approximate surface area is 140 Å². The van der Waals surface area contributed by atoms with Crippen molar-refractivity contribution in [3.05, 3.63) is 38.2 Å². The number of nitrogens with zero attached hydrogens (tertiary/aromatic N) is 5. The van der Waals surface area contributed by atoms with E-state index in [0.717, 1.165) is 16.7 Å². The lowest BCUT2D eigenvalue weighted by molar-refractivity contribution is -0.389. The van der Waals surface area contributed by atoms with Crippen molar-refractivity contribution in [2.24, 2.45) is 0 Å². The number of carbonyl (C=O) groups excluding carboxylic acids is 1. The van der Waals surface area contributed by atoms with Crippen LogP contribution in [-0.4, -0.2) is 30.4 Å². The van der Waals surface area contributed by atoms with E-state index in [9.17, 15) is 14.9 Å². The maximum atomic E-state index is 12.2. The molecule has 0 spiro atoms. The van der Waals surface area contributed by atoms with Gasteiger partial charge in [-0.15, -0.1) is 0 Å². The van der Waals surface area contributed by atoms with Gasteiger partial charge in [0.15, 0.2) is 0 Å². The molecule has 124 valence electrons. The number of aromatic nitrogens is 4. The van der Waals surface area contributed by atoms with Crippen molar-refractivity contribution < 1.29 is 9.72 Å². The Hall–Kier alpha value is -2.23. The molecule has 0 aromatic carbocycles. The summed E-state index contributed by atoms with van der Waals surface area (Å²) in [5, 5.41) is 21.7. The van der Waals surface area contributed by atoms with E-state index >= 15 is 0 Å². The second-order valence-electron chi connectivity index (χ2n) is 5.02. The summed E-state index contributed by atoms with van der Waals surface area (Å²) >= 11 is 3.39. The average Bonchev–Trinajstić information content (AvgIpc) is 3.07. The summed E-state index contributed by atoms with van der Waals surface area (Å²) in [7, 11) is 0. The third kappa shape index (κ3) is 3.76. The van der Waals surface area contributed by atoms with E-state index in [1.54, 1.807) is 18.5 Å².